The van der Waals surface area contributed by atoms with E-state index in [2.05, 4.69) is 29.8 Å². The molecule has 0 fully saturated rings. The Labute approximate surface area is 90.7 Å². The molecule has 13 heavy (non-hydrogen) atoms. The summed E-state index contributed by atoms with van der Waals surface area (Å²) in [5.41, 5.74) is 0.335. The maximum atomic E-state index is 5.60. The van der Waals surface area contributed by atoms with E-state index in [1.165, 1.54) is 12.8 Å². The van der Waals surface area contributed by atoms with Crippen LogP contribution in [0.15, 0.2) is 12.2 Å². The van der Waals surface area contributed by atoms with Gasteiger partial charge in [-0.1, -0.05) is 41.9 Å². The van der Waals surface area contributed by atoms with E-state index >= 15 is 0 Å². The molecule has 0 aliphatic carbocycles. The van der Waals surface area contributed by atoms with Crippen molar-refractivity contribution in [3.05, 3.63) is 12.2 Å². The predicted molar refractivity (Wildman–Crippen MR) is 62.4 cm³/mol. The standard InChI is InChI=1S/C11H21BrO/c1-4-7-8-13-10-11(5-2,6-3)9-12/h4,7H,5-6,8-10H2,1-3H3. The third-order valence-electron chi connectivity index (χ3n) is 2.64. The maximum Gasteiger partial charge on any atom is 0.0647 e. The smallest absolute Gasteiger partial charge is 0.0647 e. The number of alkyl halides is 1. The van der Waals surface area contributed by atoms with Gasteiger partial charge in [0.15, 0.2) is 0 Å². The lowest BCUT2D eigenvalue weighted by Gasteiger charge is -2.28. The predicted octanol–water partition coefficient (Wildman–Crippen LogP) is 3.78. The van der Waals surface area contributed by atoms with Crippen molar-refractivity contribution in [3.63, 3.8) is 0 Å². The molecular weight excluding hydrogens is 228 g/mol. The van der Waals surface area contributed by atoms with E-state index in [0.29, 0.717) is 5.41 Å². The van der Waals surface area contributed by atoms with Gasteiger partial charge in [-0.25, -0.2) is 0 Å². The van der Waals surface area contributed by atoms with E-state index in [0.717, 1.165) is 18.5 Å². The SMILES string of the molecule is CC=CCOCC(CC)(CC)CBr. The van der Waals surface area contributed by atoms with Crippen LogP contribution in [0.25, 0.3) is 0 Å². The summed E-state index contributed by atoms with van der Waals surface area (Å²) in [4.78, 5) is 0. The molecule has 0 spiro atoms. The van der Waals surface area contributed by atoms with Crippen LogP contribution >= 0.6 is 15.9 Å². The Morgan fingerprint density at radius 1 is 1.31 bits per heavy atom. The maximum absolute atomic E-state index is 5.60. The minimum Gasteiger partial charge on any atom is -0.377 e. The van der Waals surface area contributed by atoms with E-state index in [-0.39, 0.29) is 0 Å². The van der Waals surface area contributed by atoms with Crippen molar-refractivity contribution in [2.45, 2.75) is 33.6 Å². The van der Waals surface area contributed by atoms with E-state index in [4.69, 9.17) is 4.74 Å². The molecular formula is C11H21BrO. The van der Waals surface area contributed by atoms with Crippen LogP contribution in [0.5, 0.6) is 0 Å². The highest BCUT2D eigenvalue weighted by molar-refractivity contribution is 9.09. The van der Waals surface area contributed by atoms with Crippen molar-refractivity contribution in [1.29, 1.82) is 0 Å². The Bertz CT molecular complexity index is 131. The van der Waals surface area contributed by atoms with Gasteiger partial charge in [0.2, 0.25) is 0 Å². The molecule has 0 aromatic carbocycles. The monoisotopic (exact) mass is 248 g/mol. The molecule has 78 valence electrons. The number of rotatable bonds is 7. The minimum absolute atomic E-state index is 0.335. The van der Waals surface area contributed by atoms with E-state index in [9.17, 15) is 0 Å². The molecule has 0 aromatic rings. The summed E-state index contributed by atoms with van der Waals surface area (Å²) < 4.78 is 5.60. The van der Waals surface area contributed by atoms with Crippen LogP contribution in [-0.2, 0) is 4.74 Å². The van der Waals surface area contributed by atoms with Crippen LogP contribution in [-0.4, -0.2) is 18.5 Å². The van der Waals surface area contributed by atoms with Gasteiger partial charge < -0.3 is 4.74 Å². The van der Waals surface area contributed by atoms with Crippen molar-refractivity contribution in [2.24, 2.45) is 5.41 Å². The lowest BCUT2D eigenvalue weighted by Crippen LogP contribution is -2.27. The Balaban J connectivity index is 3.81. The minimum atomic E-state index is 0.335. The van der Waals surface area contributed by atoms with Crippen LogP contribution in [0, 0.1) is 5.41 Å². The second kappa shape index (κ2) is 7.57. The molecule has 1 nitrogen and oxygen atoms in total. The van der Waals surface area contributed by atoms with E-state index in [1.54, 1.807) is 0 Å². The van der Waals surface area contributed by atoms with Crippen molar-refractivity contribution < 1.29 is 4.74 Å². The third-order valence-corrected chi connectivity index (χ3v) is 3.83. The number of halogens is 1. The fourth-order valence-corrected chi connectivity index (χ4v) is 2.08. The summed E-state index contributed by atoms with van der Waals surface area (Å²) in [5, 5.41) is 1.03. The summed E-state index contributed by atoms with van der Waals surface area (Å²) in [6.07, 6.45) is 6.41. The highest BCUT2D eigenvalue weighted by atomic mass is 79.9. The first-order valence-corrected chi connectivity index (χ1v) is 6.11. The van der Waals surface area contributed by atoms with Gasteiger partial charge in [-0.05, 0) is 19.8 Å². The average molecular weight is 249 g/mol. The largest absolute Gasteiger partial charge is 0.377 e. The molecule has 0 atom stereocenters. The summed E-state index contributed by atoms with van der Waals surface area (Å²) in [6.45, 7) is 8.06. The second-order valence-corrected chi connectivity index (χ2v) is 3.99. The molecule has 0 bridgehead atoms. The summed E-state index contributed by atoms with van der Waals surface area (Å²) >= 11 is 3.56. The highest BCUT2D eigenvalue weighted by Gasteiger charge is 2.24. The van der Waals surface area contributed by atoms with Gasteiger partial charge in [-0.2, -0.15) is 0 Å². The highest BCUT2D eigenvalue weighted by Crippen LogP contribution is 2.28. The van der Waals surface area contributed by atoms with Crippen molar-refractivity contribution in [1.82, 2.24) is 0 Å². The molecule has 0 radical (unpaired) electrons. The number of allylic oxidation sites excluding steroid dienone is 1. The second-order valence-electron chi connectivity index (χ2n) is 3.42. The van der Waals surface area contributed by atoms with E-state index < -0.39 is 0 Å². The molecule has 0 aliphatic heterocycles. The fourth-order valence-electron chi connectivity index (χ4n) is 1.12. The Morgan fingerprint density at radius 3 is 2.31 bits per heavy atom. The quantitative estimate of drug-likeness (QED) is 0.379. The number of hydrogen-bond donors (Lipinski definition) is 0. The van der Waals surface area contributed by atoms with Gasteiger partial charge in [-0.15, -0.1) is 0 Å². The van der Waals surface area contributed by atoms with Gasteiger partial charge in [0, 0.05) is 10.7 Å². The average Bonchev–Trinajstić information content (AvgIpc) is 2.20. The zero-order chi connectivity index (χ0) is 10.2. The number of ether oxygens (including phenoxy) is 1. The Morgan fingerprint density at radius 2 is 1.92 bits per heavy atom. The molecule has 0 N–H and O–H groups in total. The van der Waals surface area contributed by atoms with Gasteiger partial charge in [0.1, 0.15) is 0 Å². The number of hydrogen-bond acceptors (Lipinski definition) is 1. The normalized spacial score (nSPS) is 12.6. The topological polar surface area (TPSA) is 9.23 Å². The Hall–Kier alpha value is 0.180. The molecule has 0 unspecified atom stereocenters. The van der Waals surface area contributed by atoms with Crippen LogP contribution < -0.4 is 0 Å². The van der Waals surface area contributed by atoms with Gasteiger partial charge in [-0.3, -0.25) is 0 Å². The fraction of sp³-hybridized carbons (Fsp3) is 0.818. The molecule has 0 saturated carbocycles. The molecule has 0 heterocycles. The zero-order valence-corrected chi connectivity index (χ0v) is 10.6. The molecule has 0 rings (SSSR count). The van der Waals surface area contributed by atoms with E-state index in [1.807, 2.05) is 19.1 Å². The molecule has 2 heteroatoms. The molecule has 0 aliphatic rings. The van der Waals surface area contributed by atoms with Gasteiger partial charge in [0.05, 0.1) is 13.2 Å². The third kappa shape index (κ3) is 4.82. The summed E-state index contributed by atoms with van der Waals surface area (Å²) in [7, 11) is 0. The van der Waals surface area contributed by atoms with Crippen molar-refractivity contribution >= 4 is 15.9 Å². The first kappa shape index (κ1) is 13.2. The van der Waals surface area contributed by atoms with Crippen LogP contribution in [0.4, 0.5) is 0 Å². The van der Waals surface area contributed by atoms with Crippen LogP contribution in [0.2, 0.25) is 0 Å². The first-order chi connectivity index (χ1) is 6.24. The van der Waals surface area contributed by atoms with Crippen LogP contribution in [0.1, 0.15) is 33.6 Å². The Kier molecular flexibility index (Phi) is 7.68. The van der Waals surface area contributed by atoms with Gasteiger partial charge in [0.25, 0.3) is 0 Å². The van der Waals surface area contributed by atoms with Crippen molar-refractivity contribution in [2.75, 3.05) is 18.5 Å². The lowest BCUT2D eigenvalue weighted by molar-refractivity contribution is 0.0685. The first-order valence-electron chi connectivity index (χ1n) is 4.99. The molecule has 0 saturated heterocycles. The lowest BCUT2D eigenvalue weighted by atomic mass is 9.86. The van der Waals surface area contributed by atoms with Crippen LogP contribution in [0.3, 0.4) is 0 Å². The molecule has 0 amide bonds. The summed E-state index contributed by atoms with van der Waals surface area (Å²) in [5.74, 6) is 0. The summed E-state index contributed by atoms with van der Waals surface area (Å²) in [6, 6.07) is 0. The van der Waals surface area contributed by atoms with Crippen molar-refractivity contribution in [3.8, 4) is 0 Å². The zero-order valence-electron chi connectivity index (χ0n) is 8.98. The molecule has 0 aromatic heterocycles. The van der Waals surface area contributed by atoms with Gasteiger partial charge >= 0.3 is 0 Å².